The summed E-state index contributed by atoms with van der Waals surface area (Å²) >= 11 is 5.39. The lowest BCUT2D eigenvalue weighted by molar-refractivity contribution is 0.127. The highest BCUT2D eigenvalue weighted by Gasteiger charge is 2.25. The van der Waals surface area contributed by atoms with Gasteiger partial charge in [0.1, 0.15) is 0 Å². The smallest absolute Gasteiger partial charge is 0.0682 e. The number of hydrogen-bond donors (Lipinski definition) is 1. The molecule has 88 valence electrons. The van der Waals surface area contributed by atoms with Crippen LogP contribution in [-0.2, 0) is 11.3 Å². The van der Waals surface area contributed by atoms with Gasteiger partial charge in [0, 0.05) is 21.2 Å². The van der Waals surface area contributed by atoms with E-state index in [0.717, 1.165) is 23.1 Å². The molecule has 0 saturated carbocycles. The molecule has 0 spiro atoms. The maximum Gasteiger partial charge on any atom is 0.0682 e. The van der Waals surface area contributed by atoms with Gasteiger partial charge in [0.2, 0.25) is 0 Å². The van der Waals surface area contributed by atoms with Crippen molar-refractivity contribution in [1.82, 2.24) is 0 Å². The average molecular weight is 303 g/mol. The Morgan fingerprint density at radius 2 is 2.38 bits per heavy atom. The van der Waals surface area contributed by atoms with Gasteiger partial charge in [0.25, 0.3) is 0 Å². The quantitative estimate of drug-likeness (QED) is 0.930. The molecule has 1 heterocycles. The van der Waals surface area contributed by atoms with E-state index in [0.29, 0.717) is 11.4 Å². The monoisotopic (exact) mass is 302 g/mol. The first-order valence-electron chi connectivity index (χ1n) is 5.38. The fourth-order valence-corrected chi connectivity index (χ4v) is 3.60. The Morgan fingerprint density at radius 1 is 1.56 bits per heavy atom. The summed E-state index contributed by atoms with van der Waals surface area (Å²) in [6.45, 7) is 3.08. The zero-order chi connectivity index (χ0) is 11.5. The molecule has 2 nitrogen and oxygen atoms in total. The fraction of sp³-hybridized carbons (Fsp3) is 0.500. The van der Waals surface area contributed by atoms with Gasteiger partial charge in [-0.2, -0.15) is 0 Å². The van der Waals surface area contributed by atoms with Crippen LogP contribution in [0.25, 0.3) is 0 Å². The molecule has 1 aliphatic heterocycles. The molecule has 1 fully saturated rings. The van der Waals surface area contributed by atoms with Crippen LogP contribution in [0, 0.1) is 0 Å². The maximum atomic E-state index is 9.03. The first-order valence-corrected chi connectivity index (χ1v) is 7.05. The van der Waals surface area contributed by atoms with Crippen molar-refractivity contribution in [2.24, 2.45) is 0 Å². The van der Waals surface area contributed by atoms with Crippen LogP contribution in [0.15, 0.2) is 27.6 Å². The highest BCUT2D eigenvalue weighted by atomic mass is 79.9. The number of thioether (sulfide) groups is 1. The van der Waals surface area contributed by atoms with E-state index in [1.165, 1.54) is 4.90 Å². The summed E-state index contributed by atoms with van der Waals surface area (Å²) in [5.41, 5.74) is 0.937. The van der Waals surface area contributed by atoms with Gasteiger partial charge in [-0.15, -0.1) is 11.8 Å². The van der Waals surface area contributed by atoms with Gasteiger partial charge >= 0.3 is 0 Å². The normalized spacial score (nSPS) is 24.9. The topological polar surface area (TPSA) is 29.5 Å². The van der Waals surface area contributed by atoms with Crippen LogP contribution >= 0.6 is 27.7 Å². The third kappa shape index (κ3) is 2.80. The minimum atomic E-state index is 0.0898. The molecule has 0 amide bonds. The molecular formula is C12H15BrO2S. The fourth-order valence-electron chi connectivity index (χ4n) is 1.77. The van der Waals surface area contributed by atoms with Gasteiger partial charge in [-0.3, -0.25) is 0 Å². The highest BCUT2D eigenvalue weighted by molar-refractivity contribution is 9.10. The van der Waals surface area contributed by atoms with E-state index in [1.807, 2.05) is 23.9 Å². The molecule has 0 aliphatic carbocycles. The minimum absolute atomic E-state index is 0.0898. The van der Waals surface area contributed by atoms with E-state index in [4.69, 9.17) is 9.84 Å². The first-order chi connectivity index (χ1) is 7.70. The second-order valence-corrected chi connectivity index (χ2v) is 6.08. The Labute approximate surface area is 109 Å². The lowest BCUT2D eigenvalue weighted by atomic mass is 10.2. The van der Waals surface area contributed by atoms with Crippen molar-refractivity contribution in [1.29, 1.82) is 0 Å². The molecule has 1 saturated heterocycles. The van der Waals surface area contributed by atoms with Crippen LogP contribution in [0.5, 0.6) is 0 Å². The molecule has 1 aliphatic rings. The number of hydrogen-bond acceptors (Lipinski definition) is 3. The number of aliphatic hydroxyl groups is 1. The Balaban J connectivity index is 2.09. The largest absolute Gasteiger partial charge is 0.392 e. The molecule has 1 aromatic carbocycles. The minimum Gasteiger partial charge on any atom is -0.392 e. The van der Waals surface area contributed by atoms with Crippen LogP contribution in [0.3, 0.4) is 0 Å². The van der Waals surface area contributed by atoms with Crippen LogP contribution in [0.1, 0.15) is 18.9 Å². The molecule has 2 unspecified atom stereocenters. The Hall–Kier alpha value is -0.0300. The zero-order valence-corrected chi connectivity index (χ0v) is 11.6. The summed E-state index contributed by atoms with van der Waals surface area (Å²) < 4.78 is 6.60. The molecule has 16 heavy (non-hydrogen) atoms. The predicted molar refractivity (Wildman–Crippen MR) is 69.7 cm³/mol. The van der Waals surface area contributed by atoms with E-state index < -0.39 is 0 Å². The molecule has 2 atom stereocenters. The standard InChI is InChI=1S/C12H15BrO2S/c1-8-11(4-5-15-8)16-12-3-2-9(7-14)6-10(12)13/h2-3,6,8,11,14H,4-5,7H2,1H3. The van der Waals surface area contributed by atoms with E-state index in [2.05, 4.69) is 28.9 Å². The van der Waals surface area contributed by atoms with Gasteiger partial charge in [0.15, 0.2) is 0 Å². The van der Waals surface area contributed by atoms with Crippen LogP contribution in [0.4, 0.5) is 0 Å². The average Bonchev–Trinajstić information content (AvgIpc) is 2.67. The van der Waals surface area contributed by atoms with Crippen molar-refractivity contribution in [2.45, 2.75) is 36.2 Å². The summed E-state index contributed by atoms with van der Waals surface area (Å²) in [6, 6.07) is 6.00. The molecule has 1 aromatic rings. The van der Waals surface area contributed by atoms with Crippen LogP contribution in [0.2, 0.25) is 0 Å². The highest BCUT2D eigenvalue weighted by Crippen LogP contribution is 2.36. The number of benzene rings is 1. The number of ether oxygens (including phenoxy) is 1. The van der Waals surface area contributed by atoms with Crippen LogP contribution < -0.4 is 0 Å². The number of rotatable bonds is 3. The van der Waals surface area contributed by atoms with Gasteiger partial charge in [-0.1, -0.05) is 6.07 Å². The van der Waals surface area contributed by atoms with Gasteiger partial charge in [0.05, 0.1) is 12.7 Å². The second-order valence-electron chi connectivity index (χ2n) is 3.94. The summed E-state index contributed by atoms with van der Waals surface area (Å²) in [4.78, 5) is 1.22. The van der Waals surface area contributed by atoms with Gasteiger partial charge in [-0.05, 0) is 47.0 Å². The molecule has 2 rings (SSSR count). The van der Waals surface area contributed by atoms with Crippen molar-refractivity contribution in [3.63, 3.8) is 0 Å². The summed E-state index contributed by atoms with van der Waals surface area (Å²) in [6.07, 6.45) is 1.44. The maximum absolute atomic E-state index is 9.03. The molecule has 0 aromatic heterocycles. The third-order valence-electron chi connectivity index (χ3n) is 2.76. The van der Waals surface area contributed by atoms with E-state index in [9.17, 15) is 0 Å². The second kappa shape index (κ2) is 5.54. The zero-order valence-electron chi connectivity index (χ0n) is 9.15. The van der Waals surface area contributed by atoms with Crippen molar-refractivity contribution in [3.05, 3.63) is 28.2 Å². The molecular weight excluding hydrogens is 288 g/mol. The molecule has 4 heteroatoms. The van der Waals surface area contributed by atoms with E-state index in [-0.39, 0.29) is 6.61 Å². The van der Waals surface area contributed by atoms with Crippen molar-refractivity contribution >= 4 is 27.7 Å². The third-order valence-corrected chi connectivity index (χ3v) is 5.21. The Morgan fingerprint density at radius 3 is 2.94 bits per heavy atom. The number of aliphatic hydroxyl groups excluding tert-OH is 1. The van der Waals surface area contributed by atoms with Crippen molar-refractivity contribution in [3.8, 4) is 0 Å². The first kappa shape index (κ1) is 12.4. The number of halogens is 1. The lowest BCUT2D eigenvalue weighted by Gasteiger charge is -2.14. The molecule has 0 radical (unpaired) electrons. The Kier molecular flexibility index (Phi) is 4.30. The summed E-state index contributed by atoms with van der Waals surface area (Å²) in [5.74, 6) is 0. The molecule has 0 bridgehead atoms. The molecule has 1 N–H and O–H groups in total. The van der Waals surface area contributed by atoms with Gasteiger partial charge in [-0.25, -0.2) is 0 Å². The van der Waals surface area contributed by atoms with Crippen LogP contribution in [-0.4, -0.2) is 23.1 Å². The SMILES string of the molecule is CC1OCCC1Sc1ccc(CO)cc1Br. The lowest BCUT2D eigenvalue weighted by Crippen LogP contribution is -2.13. The summed E-state index contributed by atoms with van der Waals surface area (Å²) in [5, 5.41) is 9.57. The van der Waals surface area contributed by atoms with E-state index in [1.54, 1.807) is 0 Å². The van der Waals surface area contributed by atoms with Crippen molar-refractivity contribution in [2.75, 3.05) is 6.61 Å². The van der Waals surface area contributed by atoms with Crippen molar-refractivity contribution < 1.29 is 9.84 Å². The summed E-state index contributed by atoms with van der Waals surface area (Å²) in [7, 11) is 0. The predicted octanol–water partition coefficient (Wildman–Crippen LogP) is 3.21. The van der Waals surface area contributed by atoms with Gasteiger partial charge < -0.3 is 9.84 Å². The Bertz CT molecular complexity index is 370. The van der Waals surface area contributed by atoms with E-state index >= 15 is 0 Å².